The number of nitrogen functional groups attached to an aromatic ring is 1. The van der Waals surface area contributed by atoms with Crippen LogP contribution in [0.5, 0.6) is 0 Å². The van der Waals surface area contributed by atoms with Gasteiger partial charge in [0, 0.05) is 5.69 Å². The summed E-state index contributed by atoms with van der Waals surface area (Å²) >= 11 is 0. The number of ether oxygens (including phenoxy) is 1. The Morgan fingerprint density at radius 3 is 2.55 bits per heavy atom. The number of aliphatic hydroxyl groups is 3. The number of nitrogens with two attached hydrogens (primary N) is 1. The zero-order valence-electron chi connectivity index (χ0n) is 11.4. The van der Waals surface area contributed by atoms with Gasteiger partial charge in [-0.3, -0.25) is 0 Å². The second-order valence-corrected chi connectivity index (χ2v) is 5.12. The van der Waals surface area contributed by atoms with E-state index in [1.54, 1.807) is 6.92 Å². The molecular weight excluding hydrogens is 258 g/mol. The van der Waals surface area contributed by atoms with Crippen LogP contribution in [0.15, 0.2) is 30.3 Å². The Labute approximate surface area is 118 Å². The normalized spacial score (nSPS) is 34.5. The average molecular weight is 279 g/mol. The van der Waals surface area contributed by atoms with Crippen molar-refractivity contribution in [1.29, 1.82) is 0 Å². The standard InChI is InChI=1S/C15H21NO4/c1-9-13(17)15(19)14(18)12(20-9)8-4-6-10-5-2-3-7-11(10)16/h2-7,9,12-15,17-19H,8,16H2,1H3/b6-4+/t9?,12-,13-,14?,15+/m0/s1. The van der Waals surface area contributed by atoms with Crippen LogP contribution >= 0.6 is 0 Å². The van der Waals surface area contributed by atoms with Crippen LogP contribution in [-0.4, -0.2) is 45.8 Å². The number of hydrogen-bond donors (Lipinski definition) is 4. The van der Waals surface area contributed by atoms with Gasteiger partial charge in [0.05, 0.1) is 12.2 Å². The highest BCUT2D eigenvalue weighted by atomic mass is 16.5. The van der Waals surface area contributed by atoms with E-state index < -0.39 is 30.5 Å². The van der Waals surface area contributed by atoms with Crippen LogP contribution < -0.4 is 5.73 Å². The van der Waals surface area contributed by atoms with E-state index in [0.717, 1.165) is 5.56 Å². The summed E-state index contributed by atoms with van der Waals surface area (Å²) in [6.07, 6.45) is -0.250. The number of benzene rings is 1. The van der Waals surface area contributed by atoms with Crippen LogP contribution in [0.2, 0.25) is 0 Å². The maximum Gasteiger partial charge on any atom is 0.111 e. The van der Waals surface area contributed by atoms with Crippen molar-refractivity contribution in [2.75, 3.05) is 5.73 Å². The Hall–Kier alpha value is -1.40. The van der Waals surface area contributed by atoms with Gasteiger partial charge in [-0.2, -0.15) is 0 Å². The van der Waals surface area contributed by atoms with Crippen LogP contribution in [0.4, 0.5) is 5.69 Å². The molecule has 5 N–H and O–H groups in total. The molecule has 5 atom stereocenters. The van der Waals surface area contributed by atoms with Crippen LogP contribution in [-0.2, 0) is 4.74 Å². The zero-order chi connectivity index (χ0) is 14.7. The molecule has 1 aliphatic heterocycles. The monoisotopic (exact) mass is 279 g/mol. The molecule has 1 aromatic carbocycles. The number of rotatable bonds is 3. The largest absolute Gasteiger partial charge is 0.398 e. The van der Waals surface area contributed by atoms with Crippen LogP contribution in [0.3, 0.4) is 0 Å². The minimum Gasteiger partial charge on any atom is -0.398 e. The Morgan fingerprint density at radius 1 is 1.15 bits per heavy atom. The van der Waals surface area contributed by atoms with E-state index in [4.69, 9.17) is 10.5 Å². The van der Waals surface area contributed by atoms with Gasteiger partial charge in [0.15, 0.2) is 0 Å². The van der Waals surface area contributed by atoms with E-state index in [-0.39, 0.29) is 0 Å². The van der Waals surface area contributed by atoms with E-state index >= 15 is 0 Å². The number of para-hydroxylation sites is 1. The third-order valence-electron chi connectivity index (χ3n) is 3.61. The number of aliphatic hydroxyl groups excluding tert-OH is 3. The third-order valence-corrected chi connectivity index (χ3v) is 3.61. The Balaban J connectivity index is 1.98. The van der Waals surface area contributed by atoms with Crippen LogP contribution in [0.25, 0.3) is 6.08 Å². The van der Waals surface area contributed by atoms with Crippen molar-refractivity contribution in [3.05, 3.63) is 35.9 Å². The molecule has 5 nitrogen and oxygen atoms in total. The molecule has 1 aromatic rings. The summed E-state index contributed by atoms with van der Waals surface area (Å²) in [4.78, 5) is 0. The molecule has 2 unspecified atom stereocenters. The van der Waals surface area contributed by atoms with Crippen LogP contribution in [0, 0.1) is 0 Å². The molecule has 0 spiro atoms. The molecule has 1 aliphatic rings. The average Bonchev–Trinajstić information content (AvgIpc) is 2.44. The maximum absolute atomic E-state index is 9.88. The molecule has 1 fully saturated rings. The SMILES string of the molecule is CC1O[C@@H](C/C=C/c2ccccc2N)C(O)[C@H](O)[C@H]1O. The lowest BCUT2D eigenvalue weighted by molar-refractivity contribution is -0.215. The number of hydrogen-bond acceptors (Lipinski definition) is 5. The molecule has 20 heavy (non-hydrogen) atoms. The van der Waals surface area contributed by atoms with Crippen molar-refractivity contribution in [2.45, 2.75) is 43.9 Å². The van der Waals surface area contributed by atoms with E-state index in [9.17, 15) is 15.3 Å². The first-order valence-corrected chi connectivity index (χ1v) is 6.71. The van der Waals surface area contributed by atoms with Crippen molar-refractivity contribution >= 4 is 11.8 Å². The topological polar surface area (TPSA) is 95.9 Å². The van der Waals surface area contributed by atoms with E-state index in [2.05, 4.69) is 0 Å². The molecule has 0 saturated carbocycles. The third kappa shape index (κ3) is 3.19. The van der Waals surface area contributed by atoms with Gasteiger partial charge in [-0.05, 0) is 25.0 Å². The highest BCUT2D eigenvalue weighted by Gasteiger charge is 2.40. The Bertz CT molecular complexity index is 477. The molecule has 110 valence electrons. The summed E-state index contributed by atoms with van der Waals surface area (Å²) in [7, 11) is 0. The van der Waals surface area contributed by atoms with Gasteiger partial charge in [-0.1, -0.05) is 30.4 Å². The highest BCUT2D eigenvalue weighted by Crippen LogP contribution is 2.23. The van der Waals surface area contributed by atoms with Gasteiger partial charge < -0.3 is 25.8 Å². The van der Waals surface area contributed by atoms with Gasteiger partial charge >= 0.3 is 0 Å². The second-order valence-electron chi connectivity index (χ2n) is 5.12. The quantitative estimate of drug-likeness (QED) is 0.606. The predicted molar refractivity (Wildman–Crippen MR) is 76.9 cm³/mol. The minimum absolute atomic E-state index is 0.434. The molecule has 0 amide bonds. The summed E-state index contributed by atoms with van der Waals surface area (Å²) in [6, 6.07) is 7.46. The fourth-order valence-corrected chi connectivity index (χ4v) is 2.32. The highest BCUT2D eigenvalue weighted by molar-refractivity contribution is 5.63. The first kappa shape index (κ1) is 15.0. The first-order chi connectivity index (χ1) is 9.50. The number of anilines is 1. The Morgan fingerprint density at radius 2 is 1.85 bits per heavy atom. The summed E-state index contributed by atoms with van der Waals surface area (Å²) in [5, 5.41) is 29.2. The fraction of sp³-hybridized carbons (Fsp3) is 0.467. The predicted octanol–water partition coefficient (Wildman–Crippen LogP) is 0.542. The van der Waals surface area contributed by atoms with Crippen LogP contribution in [0.1, 0.15) is 18.9 Å². The molecule has 0 bridgehead atoms. The maximum atomic E-state index is 9.88. The lowest BCUT2D eigenvalue weighted by atomic mass is 9.94. The van der Waals surface area contributed by atoms with E-state index in [1.807, 2.05) is 36.4 Å². The van der Waals surface area contributed by atoms with Gasteiger partial charge in [-0.25, -0.2) is 0 Å². The molecule has 1 saturated heterocycles. The molecule has 5 heteroatoms. The van der Waals surface area contributed by atoms with Crippen molar-refractivity contribution in [2.24, 2.45) is 0 Å². The van der Waals surface area contributed by atoms with Crippen molar-refractivity contribution in [3.63, 3.8) is 0 Å². The fourth-order valence-electron chi connectivity index (χ4n) is 2.32. The minimum atomic E-state index is -1.18. The summed E-state index contributed by atoms with van der Waals surface area (Å²) in [5.41, 5.74) is 7.40. The second kappa shape index (κ2) is 6.37. The first-order valence-electron chi connectivity index (χ1n) is 6.71. The van der Waals surface area contributed by atoms with Gasteiger partial charge in [0.1, 0.15) is 18.3 Å². The van der Waals surface area contributed by atoms with Crippen molar-refractivity contribution < 1.29 is 20.1 Å². The lowest BCUT2D eigenvalue weighted by Gasteiger charge is -2.39. The molecule has 2 rings (SSSR count). The van der Waals surface area contributed by atoms with Gasteiger partial charge in [0.25, 0.3) is 0 Å². The van der Waals surface area contributed by atoms with Gasteiger partial charge in [0.2, 0.25) is 0 Å². The van der Waals surface area contributed by atoms with Crippen molar-refractivity contribution in [3.8, 4) is 0 Å². The van der Waals surface area contributed by atoms with Crippen molar-refractivity contribution in [1.82, 2.24) is 0 Å². The molecule has 1 heterocycles. The molecular formula is C15H21NO4. The molecule has 0 aromatic heterocycles. The summed E-state index contributed by atoms with van der Waals surface area (Å²) in [5.74, 6) is 0. The molecule has 0 radical (unpaired) electrons. The smallest absolute Gasteiger partial charge is 0.111 e. The zero-order valence-corrected chi connectivity index (χ0v) is 11.4. The lowest BCUT2D eigenvalue weighted by Crippen LogP contribution is -2.56. The molecule has 0 aliphatic carbocycles. The Kier molecular flexibility index (Phi) is 4.77. The summed E-state index contributed by atoms with van der Waals surface area (Å²) < 4.78 is 5.51. The van der Waals surface area contributed by atoms with Gasteiger partial charge in [-0.15, -0.1) is 0 Å². The van der Waals surface area contributed by atoms with E-state index in [1.165, 1.54) is 0 Å². The summed E-state index contributed by atoms with van der Waals surface area (Å²) in [6.45, 7) is 1.67. The van der Waals surface area contributed by atoms with E-state index in [0.29, 0.717) is 12.1 Å².